The van der Waals surface area contributed by atoms with Crippen LogP contribution in [0.1, 0.15) is 39.0 Å². The Balaban J connectivity index is 1.55. The summed E-state index contributed by atoms with van der Waals surface area (Å²) in [5, 5.41) is 3.61. The van der Waals surface area contributed by atoms with E-state index in [1.807, 2.05) is 0 Å². The minimum Gasteiger partial charge on any atom is -0.315 e. The number of likely N-dealkylation sites (tertiary alicyclic amines) is 2. The fourth-order valence-corrected chi connectivity index (χ4v) is 4.35. The molecule has 3 fully saturated rings. The van der Waals surface area contributed by atoms with Crippen molar-refractivity contribution in [3.05, 3.63) is 0 Å². The van der Waals surface area contributed by atoms with Crippen LogP contribution in [0, 0.1) is 5.92 Å². The normalized spacial score (nSPS) is 35.8. The summed E-state index contributed by atoms with van der Waals surface area (Å²) in [6.07, 6.45) is 7.01. The largest absolute Gasteiger partial charge is 0.315 e. The Morgan fingerprint density at radius 3 is 2.67 bits per heavy atom. The number of nitrogens with one attached hydrogen (secondary N) is 1. The Hall–Kier alpha value is -0.120. The van der Waals surface area contributed by atoms with Crippen LogP contribution in [0.4, 0.5) is 0 Å². The van der Waals surface area contributed by atoms with Gasteiger partial charge in [-0.25, -0.2) is 0 Å². The Morgan fingerprint density at radius 1 is 1.06 bits per heavy atom. The zero-order chi connectivity index (χ0) is 12.4. The molecule has 18 heavy (non-hydrogen) atoms. The van der Waals surface area contributed by atoms with Crippen LogP contribution in [-0.2, 0) is 0 Å². The molecular weight excluding hydrogens is 222 g/mol. The summed E-state index contributed by atoms with van der Waals surface area (Å²) in [6, 6.07) is 1.74. The molecule has 0 bridgehead atoms. The van der Waals surface area contributed by atoms with Crippen LogP contribution in [0.15, 0.2) is 0 Å². The van der Waals surface area contributed by atoms with Gasteiger partial charge in [-0.15, -0.1) is 0 Å². The molecule has 0 radical (unpaired) electrons. The van der Waals surface area contributed by atoms with Gasteiger partial charge in [0.15, 0.2) is 0 Å². The SMILES string of the molecule is CCCN1CCC(N2CCCC3CNCC32)CC1. The van der Waals surface area contributed by atoms with E-state index in [2.05, 4.69) is 22.0 Å². The standard InChI is InChI=1S/C15H29N3/c1-2-7-17-9-5-14(6-10-17)18-8-3-4-13-11-16-12-15(13)18/h13-16H,2-12H2,1H3. The number of piperidine rings is 2. The van der Waals surface area contributed by atoms with Crippen molar-refractivity contribution in [2.75, 3.05) is 39.3 Å². The predicted molar refractivity (Wildman–Crippen MR) is 75.8 cm³/mol. The first-order valence-electron chi connectivity index (χ1n) is 8.07. The van der Waals surface area contributed by atoms with Gasteiger partial charge in [-0.05, 0) is 70.7 Å². The highest BCUT2D eigenvalue weighted by Gasteiger charge is 2.38. The second-order valence-electron chi connectivity index (χ2n) is 6.44. The molecule has 3 aliphatic rings. The van der Waals surface area contributed by atoms with Crippen molar-refractivity contribution in [3.8, 4) is 0 Å². The van der Waals surface area contributed by atoms with Crippen molar-refractivity contribution in [2.45, 2.75) is 51.1 Å². The molecule has 0 aliphatic carbocycles. The number of hydrogen-bond acceptors (Lipinski definition) is 3. The molecular formula is C15H29N3. The number of nitrogens with zero attached hydrogens (tertiary/aromatic N) is 2. The monoisotopic (exact) mass is 251 g/mol. The third-order valence-electron chi connectivity index (χ3n) is 5.29. The Bertz CT molecular complexity index is 260. The van der Waals surface area contributed by atoms with Gasteiger partial charge in [0.25, 0.3) is 0 Å². The van der Waals surface area contributed by atoms with Gasteiger partial charge in [0.1, 0.15) is 0 Å². The fourth-order valence-electron chi connectivity index (χ4n) is 4.35. The molecule has 2 unspecified atom stereocenters. The van der Waals surface area contributed by atoms with E-state index < -0.39 is 0 Å². The molecule has 0 saturated carbocycles. The first-order chi connectivity index (χ1) is 8.88. The van der Waals surface area contributed by atoms with Crippen molar-refractivity contribution >= 4 is 0 Å². The molecule has 3 nitrogen and oxygen atoms in total. The summed E-state index contributed by atoms with van der Waals surface area (Å²) in [6.45, 7) is 10.2. The molecule has 3 heterocycles. The van der Waals surface area contributed by atoms with Crippen molar-refractivity contribution in [1.82, 2.24) is 15.1 Å². The summed E-state index contributed by atoms with van der Waals surface area (Å²) in [4.78, 5) is 5.53. The lowest BCUT2D eigenvalue weighted by Crippen LogP contribution is -2.53. The third-order valence-corrected chi connectivity index (χ3v) is 5.29. The van der Waals surface area contributed by atoms with E-state index in [-0.39, 0.29) is 0 Å². The topological polar surface area (TPSA) is 18.5 Å². The summed E-state index contributed by atoms with van der Waals surface area (Å²) in [5.74, 6) is 0.951. The van der Waals surface area contributed by atoms with Crippen LogP contribution in [-0.4, -0.2) is 61.2 Å². The summed E-state index contributed by atoms with van der Waals surface area (Å²) in [5.41, 5.74) is 0. The maximum atomic E-state index is 3.61. The van der Waals surface area contributed by atoms with Crippen LogP contribution in [0.25, 0.3) is 0 Å². The lowest BCUT2D eigenvalue weighted by atomic mass is 9.89. The zero-order valence-corrected chi connectivity index (χ0v) is 11.9. The van der Waals surface area contributed by atoms with Gasteiger partial charge in [-0.1, -0.05) is 6.92 Å². The molecule has 0 spiro atoms. The van der Waals surface area contributed by atoms with E-state index in [0.717, 1.165) is 18.0 Å². The average Bonchev–Trinajstić information content (AvgIpc) is 2.88. The highest BCUT2D eigenvalue weighted by Crippen LogP contribution is 2.30. The molecule has 0 amide bonds. The lowest BCUT2D eigenvalue weighted by molar-refractivity contribution is 0.0395. The van der Waals surface area contributed by atoms with Crippen molar-refractivity contribution < 1.29 is 0 Å². The van der Waals surface area contributed by atoms with Gasteiger partial charge in [0, 0.05) is 18.6 Å². The van der Waals surface area contributed by atoms with E-state index in [4.69, 9.17) is 0 Å². The van der Waals surface area contributed by atoms with Crippen LogP contribution in [0.2, 0.25) is 0 Å². The molecule has 104 valence electrons. The quantitative estimate of drug-likeness (QED) is 0.821. The Kier molecular flexibility index (Phi) is 4.22. The molecule has 0 aromatic heterocycles. The second kappa shape index (κ2) is 5.89. The lowest BCUT2D eigenvalue weighted by Gasteiger charge is -2.45. The molecule has 2 atom stereocenters. The Morgan fingerprint density at radius 2 is 1.89 bits per heavy atom. The molecule has 1 N–H and O–H groups in total. The molecule has 3 saturated heterocycles. The first kappa shape index (κ1) is 12.9. The van der Waals surface area contributed by atoms with Gasteiger partial charge in [-0.3, -0.25) is 4.90 Å². The van der Waals surface area contributed by atoms with Crippen molar-refractivity contribution in [3.63, 3.8) is 0 Å². The second-order valence-corrected chi connectivity index (χ2v) is 6.44. The fraction of sp³-hybridized carbons (Fsp3) is 1.00. The highest BCUT2D eigenvalue weighted by atomic mass is 15.3. The molecule has 0 aromatic carbocycles. The third kappa shape index (κ3) is 2.59. The van der Waals surface area contributed by atoms with Crippen molar-refractivity contribution in [1.29, 1.82) is 0 Å². The summed E-state index contributed by atoms with van der Waals surface area (Å²) >= 11 is 0. The van der Waals surface area contributed by atoms with E-state index in [9.17, 15) is 0 Å². The first-order valence-corrected chi connectivity index (χ1v) is 8.07. The number of hydrogen-bond donors (Lipinski definition) is 1. The van der Waals surface area contributed by atoms with Gasteiger partial charge in [0.2, 0.25) is 0 Å². The van der Waals surface area contributed by atoms with Gasteiger partial charge >= 0.3 is 0 Å². The van der Waals surface area contributed by atoms with Crippen LogP contribution >= 0.6 is 0 Å². The van der Waals surface area contributed by atoms with Crippen LogP contribution in [0.3, 0.4) is 0 Å². The van der Waals surface area contributed by atoms with Gasteiger partial charge in [-0.2, -0.15) is 0 Å². The highest BCUT2D eigenvalue weighted by molar-refractivity contribution is 4.95. The number of fused-ring (bicyclic) bond motifs is 1. The average molecular weight is 251 g/mol. The van der Waals surface area contributed by atoms with E-state index in [1.54, 1.807) is 0 Å². The van der Waals surface area contributed by atoms with E-state index in [0.29, 0.717) is 0 Å². The maximum absolute atomic E-state index is 3.61. The summed E-state index contributed by atoms with van der Waals surface area (Å²) in [7, 11) is 0. The molecule has 3 heteroatoms. The predicted octanol–water partition coefficient (Wildman–Crippen LogP) is 1.54. The van der Waals surface area contributed by atoms with Gasteiger partial charge < -0.3 is 10.2 Å². The molecule has 3 aliphatic heterocycles. The molecule has 3 rings (SSSR count). The number of rotatable bonds is 3. The van der Waals surface area contributed by atoms with Crippen LogP contribution in [0.5, 0.6) is 0 Å². The van der Waals surface area contributed by atoms with E-state index >= 15 is 0 Å². The summed E-state index contributed by atoms with van der Waals surface area (Å²) < 4.78 is 0. The van der Waals surface area contributed by atoms with Crippen LogP contribution < -0.4 is 5.32 Å². The van der Waals surface area contributed by atoms with Crippen molar-refractivity contribution in [2.24, 2.45) is 5.92 Å². The minimum absolute atomic E-state index is 0.862. The smallest absolute Gasteiger partial charge is 0.0263 e. The molecule has 0 aromatic rings. The van der Waals surface area contributed by atoms with E-state index in [1.165, 1.54) is 71.4 Å². The minimum atomic E-state index is 0.862. The van der Waals surface area contributed by atoms with Gasteiger partial charge in [0.05, 0.1) is 0 Å². The zero-order valence-electron chi connectivity index (χ0n) is 11.9. The Labute approximate surface area is 112 Å². The maximum Gasteiger partial charge on any atom is 0.0263 e.